The zero-order valence-corrected chi connectivity index (χ0v) is 12.5. The summed E-state index contributed by atoms with van der Waals surface area (Å²) in [7, 11) is -2.46. The lowest BCUT2D eigenvalue weighted by atomic mass is 10.2. The molecule has 0 aromatic carbocycles. The molecule has 2 aromatic heterocycles. The number of rotatable bonds is 3. The van der Waals surface area contributed by atoms with Crippen molar-refractivity contribution < 1.29 is 13.2 Å². The normalized spacial score (nSPS) is 11.4. The maximum Gasteiger partial charge on any atom is 0.258 e. The first-order valence-corrected chi connectivity index (χ1v) is 7.42. The fourth-order valence-electron chi connectivity index (χ4n) is 1.72. The van der Waals surface area contributed by atoms with Crippen molar-refractivity contribution in [2.75, 3.05) is 5.32 Å². The molecule has 3 N–H and O–H groups in total. The summed E-state index contributed by atoms with van der Waals surface area (Å²) in [6.45, 7) is 3.32. The van der Waals surface area contributed by atoms with Gasteiger partial charge in [-0.3, -0.25) is 9.48 Å². The summed E-state index contributed by atoms with van der Waals surface area (Å²) < 4.78 is 24.2. The number of aryl methyl sites for hydroxylation is 3. The molecule has 0 saturated carbocycles. The van der Waals surface area contributed by atoms with Gasteiger partial charge in [0.1, 0.15) is 4.90 Å². The highest BCUT2D eigenvalue weighted by Crippen LogP contribution is 2.18. The average Bonchev–Trinajstić information content (AvgIpc) is 2.73. The maximum absolute atomic E-state index is 12.2. The van der Waals surface area contributed by atoms with E-state index in [-0.39, 0.29) is 16.3 Å². The minimum Gasteiger partial charge on any atom is -0.304 e. The fourth-order valence-corrected chi connectivity index (χ4v) is 2.38. The zero-order chi connectivity index (χ0) is 15.8. The third-order valence-corrected chi connectivity index (χ3v) is 3.59. The molecule has 0 fully saturated rings. The van der Waals surface area contributed by atoms with E-state index in [1.807, 2.05) is 0 Å². The van der Waals surface area contributed by atoms with Crippen molar-refractivity contribution in [3.63, 3.8) is 0 Å². The van der Waals surface area contributed by atoms with Crippen LogP contribution in [0.25, 0.3) is 0 Å². The number of aromatic nitrogens is 4. The van der Waals surface area contributed by atoms with Crippen LogP contribution in [0.1, 0.15) is 21.7 Å². The Hall–Kier alpha value is -2.33. The monoisotopic (exact) mass is 310 g/mol. The van der Waals surface area contributed by atoms with Gasteiger partial charge in [-0.05, 0) is 19.9 Å². The number of nitrogens with one attached hydrogen (secondary N) is 1. The lowest BCUT2D eigenvalue weighted by Gasteiger charge is -2.06. The van der Waals surface area contributed by atoms with E-state index in [0.717, 1.165) is 0 Å². The molecule has 0 aliphatic carbocycles. The van der Waals surface area contributed by atoms with Crippen LogP contribution in [0.2, 0.25) is 0 Å². The highest BCUT2D eigenvalue weighted by molar-refractivity contribution is 7.89. The third-order valence-electron chi connectivity index (χ3n) is 2.68. The van der Waals surface area contributed by atoms with E-state index in [1.165, 1.54) is 17.9 Å². The number of carbonyl (C=O) groups is 1. The standard InChI is InChI=1S/C11H14N6O3S/c1-6-4-8(7(2)15-14-6)11(18)13-10-9(21(12,19)20)5-17(3)16-10/h4-5H,1-3H3,(H2,12,19,20)(H,13,16,18). The number of amides is 1. The maximum atomic E-state index is 12.2. The molecular weight excluding hydrogens is 296 g/mol. The minimum absolute atomic E-state index is 0.126. The summed E-state index contributed by atoms with van der Waals surface area (Å²) in [5.74, 6) is -0.659. The van der Waals surface area contributed by atoms with E-state index in [4.69, 9.17) is 5.14 Å². The van der Waals surface area contributed by atoms with Crippen molar-refractivity contribution in [2.45, 2.75) is 18.7 Å². The Labute approximate surface area is 121 Å². The molecule has 0 aliphatic heterocycles. The predicted octanol–water partition coefficient (Wildman–Crippen LogP) is -0.273. The molecule has 0 radical (unpaired) electrons. The topological polar surface area (TPSA) is 133 Å². The number of sulfonamides is 1. The van der Waals surface area contributed by atoms with Crippen molar-refractivity contribution in [1.82, 2.24) is 20.0 Å². The van der Waals surface area contributed by atoms with Gasteiger partial charge in [-0.25, -0.2) is 13.6 Å². The van der Waals surface area contributed by atoms with Crippen LogP contribution in [0.3, 0.4) is 0 Å². The average molecular weight is 310 g/mol. The van der Waals surface area contributed by atoms with Gasteiger partial charge < -0.3 is 5.32 Å². The number of carbonyl (C=O) groups excluding carboxylic acids is 1. The highest BCUT2D eigenvalue weighted by atomic mass is 32.2. The SMILES string of the molecule is Cc1cc(C(=O)Nc2nn(C)cc2S(N)(=O)=O)c(C)nn1. The van der Waals surface area contributed by atoms with Gasteiger partial charge in [0, 0.05) is 13.2 Å². The van der Waals surface area contributed by atoms with Crippen molar-refractivity contribution in [3.05, 3.63) is 29.2 Å². The molecule has 2 rings (SSSR count). The summed E-state index contributed by atoms with van der Waals surface area (Å²) >= 11 is 0. The molecule has 112 valence electrons. The number of nitrogens with two attached hydrogens (primary N) is 1. The molecule has 0 aliphatic rings. The summed E-state index contributed by atoms with van der Waals surface area (Å²) in [6, 6.07) is 1.55. The number of hydrogen-bond acceptors (Lipinski definition) is 6. The third kappa shape index (κ3) is 3.23. The van der Waals surface area contributed by atoms with Crippen LogP contribution in [-0.4, -0.2) is 34.3 Å². The van der Waals surface area contributed by atoms with Crippen LogP contribution >= 0.6 is 0 Å². The minimum atomic E-state index is -3.98. The van der Waals surface area contributed by atoms with Gasteiger partial charge in [0.2, 0.25) is 10.0 Å². The second kappa shape index (κ2) is 5.22. The molecule has 1 amide bonds. The van der Waals surface area contributed by atoms with Crippen LogP contribution in [0.15, 0.2) is 17.2 Å². The zero-order valence-electron chi connectivity index (χ0n) is 11.7. The second-order valence-corrected chi connectivity index (χ2v) is 6.03. The van der Waals surface area contributed by atoms with Crippen molar-refractivity contribution in [3.8, 4) is 0 Å². The number of anilines is 1. The molecule has 0 saturated heterocycles. The first-order chi connectivity index (χ1) is 9.68. The second-order valence-electron chi connectivity index (χ2n) is 4.50. The largest absolute Gasteiger partial charge is 0.304 e. The van der Waals surface area contributed by atoms with Crippen LogP contribution < -0.4 is 10.5 Å². The highest BCUT2D eigenvalue weighted by Gasteiger charge is 2.21. The van der Waals surface area contributed by atoms with Gasteiger partial charge in [0.05, 0.1) is 17.0 Å². The quantitative estimate of drug-likeness (QED) is 0.801. The summed E-state index contributed by atoms with van der Waals surface area (Å²) in [4.78, 5) is 12.0. The Kier molecular flexibility index (Phi) is 3.75. The molecular formula is C11H14N6O3S. The first-order valence-electron chi connectivity index (χ1n) is 5.87. The van der Waals surface area contributed by atoms with E-state index >= 15 is 0 Å². The van der Waals surface area contributed by atoms with Crippen molar-refractivity contribution in [1.29, 1.82) is 0 Å². The van der Waals surface area contributed by atoms with E-state index in [1.54, 1.807) is 19.9 Å². The van der Waals surface area contributed by atoms with E-state index in [0.29, 0.717) is 11.4 Å². The van der Waals surface area contributed by atoms with E-state index in [9.17, 15) is 13.2 Å². The van der Waals surface area contributed by atoms with Gasteiger partial charge in [0.15, 0.2) is 5.82 Å². The van der Waals surface area contributed by atoms with Crippen LogP contribution in [0.5, 0.6) is 0 Å². The molecule has 2 heterocycles. The van der Waals surface area contributed by atoms with Crippen LogP contribution in [0.4, 0.5) is 5.82 Å². The molecule has 0 atom stereocenters. The lowest BCUT2D eigenvalue weighted by molar-refractivity contribution is 0.102. The molecule has 0 spiro atoms. The van der Waals surface area contributed by atoms with Gasteiger partial charge in [0.25, 0.3) is 5.91 Å². The summed E-state index contributed by atoms with van der Waals surface area (Å²) in [6.07, 6.45) is 1.22. The Morgan fingerprint density at radius 1 is 1.33 bits per heavy atom. The first kappa shape index (κ1) is 15.1. The van der Waals surface area contributed by atoms with Crippen molar-refractivity contribution >= 4 is 21.7 Å². The Morgan fingerprint density at radius 2 is 2.00 bits per heavy atom. The number of hydrogen-bond donors (Lipinski definition) is 2. The molecule has 2 aromatic rings. The Balaban J connectivity index is 2.39. The fraction of sp³-hybridized carbons (Fsp3) is 0.273. The molecule has 21 heavy (non-hydrogen) atoms. The van der Waals surface area contributed by atoms with Crippen molar-refractivity contribution in [2.24, 2.45) is 12.2 Å². The molecule has 0 bridgehead atoms. The summed E-state index contributed by atoms with van der Waals surface area (Å²) in [5, 5.41) is 19.1. The van der Waals surface area contributed by atoms with Crippen LogP contribution in [-0.2, 0) is 17.1 Å². The smallest absolute Gasteiger partial charge is 0.258 e. The Morgan fingerprint density at radius 3 is 2.62 bits per heavy atom. The molecule has 9 nitrogen and oxygen atoms in total. The predicted molar refractivity (Wildman–Crippen MR) is 74.0 cm³/mol. The van der Waals surface area contributed by atoms with Gasteiger partial charge in [-0.15, -0.1) is 0 Å². The van der Waals surface area contributed by atoms with E-state index in [2.05, 4.69) is 20.6 Å². The molecule has 0 unspecified atom stereocenters. The lowest BCUT2D eigenvalue weighted by Crippen LogP contribution is -2.19. The van der Waals surface area contributed by atoms with E-state index < -0.39 is 15.9 Å². The van der Waals surface area contributed by atoms with Gasteiger partial charge in [-0.2, -0.15) is 15.3 Å². The number of nitrogens with zero attached hydrogens (tertiary/aromatic N) is 4. The Bertz CT molecular complexity index is 811. The van der Waals surface area contributed by atoms with Crippen LogP contribution in [0, 0.1) is 13.8 Å². The van der Waals surface area contributed by atoms with Gasteiger partial charge >= 0.3 is 0 Å². The molecule has 10 heteroatoms. The summed E-state index contributed by atoms with van der Waals surface area (Å²) in [5.41, 5.74) is 1.28. The number of primary sulfonamides is 1. The van der Waals surface area contributed by atoms with Gasteiger partial charge in [-0.1, -0.05) is 0 Å².